The zero-order chi connectivity index (χ0) is 9.47. The van der Waals surface area contributed by atoms with Crippen molar-refractivity contribution in [2.75, 3.05) is 5.73 Å². The fraction of sp³-hybridized carbons (Fsp3) is 0.375. The Morgan fingerprint density at radius 2 is 2.15 bits per heavy atom. The van der Waals surface area contributed by atoms with E-state index in [9.17, 15) is 0 Å². The Labute approximate surface area is 75.7 Å². The Morgan fingerprint density at radius 1 is 1.38 bits per heavy atom. The first kappa shape index (κ1) is 7.97. The van der Waals surface area contributed by atoms with Crippen molar-refractivity contribution in [2.45, 2.75) is 19.4 Å². The molecule has 0 saturated carbocycles. The van der Waals surface area contributed by atoms with Crippen LogP contribution in [0.1, 0.15) is 13.8 Å². The van der Waals surface area contributed by atoms with Crippen molar-refractivity contribution < 1.29 is 4.74 Å². The number of aromatic nitrogens is 2. The highest BCUT2D eigenvalue weighted by atomic mass is 16.5. The highest BCUT2D eigenvalue weighted by molar-refractivity contribution is 5.79. The second kappa shape index (κ2) is 2.42. The van der Waals surface area contributed by atoms with E-state index in [2.05, 4.69) is 15.0 Å². The van der Waals surface area contributed by atoms with E-state index in [1.54, 1.807) is 6.21 Å². The molecule has 0 spiro atoms. The average molecular weight is 178 g/mol. The summed E-state index contributed by atoms with van der Waals surface area (Å²) in [5, 5.41) is 0. The highest BCUT2D eigenvalue weighted by Gasteiger charge is 2.25. The van der Waals surface area contributed by atoms with Crippen LogP contribution in [0.4, 0.5) is 11.5 Å². The summed E-state index contributed by atoms with van der Waals surface area (Å²) in [6.07, 6.45) is 3.06. The number of fused-ring (bicyclic) bond motifs is 1. The maximum Gasteiger partial charge on any atom is 0.246 e. The zero-order valence-electron chi connectivity index (χ0n) is 7.48. The lowest BCUT2D eigenvalue weighted by atomic mass is 10.1. The van der Waals surface area contributed by atoms with Gasteiger partial charge >= 0.3 is 0 Å². The van der Waals surface area contributed by atoms with Gasteiger partial charge in [-0.1, -0.05) is 0 Å². The third kappa shape index (κ3) is 1.32. The maximum atomic E-state index is 5.59. The molecular formula is C8H10N4O. The molecular weight excluding hydrogens is 168 g/mol. The molecule has 0 aliphatic carbocycles. The highest BCUT2D eigenvalue weighted by Crippen LogP contribution is 2.34. The fourth-order valence-electron chi connectivity index (χ4n) is 1.07. The Bertz CT molecular complexity index is 372. The van der Waals surface area contributed by atoms with Crippen LogP contribution in [0.2, 0.25) is 0 Å². The molecule has 0 fully saturated rings. The van der Waals surface area contributed by atoms with Crippen LogP contribution in [0.15, 0.2) is 11.3 Å². The summed E-state index contributed by atoms with van der Waals surface area (Å²) < 4.78 is 5.52. The van der Waals surface area contributed by atoms with Gasteiger partial charge in [-0.2, -0.15) is 4.98 Å². The van der Waals surface area contributed by atoms with Crippen LogP contribution in [0.3, 0.4) is 0 Å². The number of hydrogen-bond acceptors (Lipinski definition) is 5. The normalized spacial score (nSPS) is 17.7. The molecule has 0 atom stereocenters. The topological polar surface area (TPSA) is 73.4 Å². The second-order valence-electron chi connectivity index (χ2n) is 3.38. The molecule has 0 radical (unpaired) electrons. The third-order valence-corrected chi connectivity index (χ3v) is 1.68. The van der Waals surface area contributed by atoms with Gasteiger partial charge in [0.1, 0.15) is 11.9 Å². The number of aliphatic imine (C=N–C) groups is 1. The minimum atomic E-state index is -0.423. The van der Waals surface area contributed by atoms with E-state index >= 15 is 0 Å². The molecule has 13 heavy (non-hydrogen) atoms. The van der Waals surface area contributed by atoms with Gasteiger partial charge in [0.05, 0.1) is 0 Å². The van der Waals surface area contributed by atoms with Crippen molar-refractivity contribution in [1.82, 2.24) is 9.97 Å². The summed E-state index contributed by atoms with van der Waals surface area (Å²) in [7, 11) is 0. The Morgan fingerprint density at radius 3 is 2.92 bits per heavy atom. The molecule has 2 N–H and O–H groups in total. The molecule has 5 heteroatoms. The zero-order valence-corrected chi connectivity index (χ0v) is 7.48. The first-order valence-corrected chi connectivity index (χ1v) is 3.93. The van der Waals surface area contributed by atoms with Gasteiger partial charge < -0.3 is 10.5 Å². The number of hydrogen-bond donors (Lipinski definition) is 1. The minimum absolute atomic E-state index is 0.344. The molecule has 68 valence electrons. The number of nitrogen functional groups attached to an aromatic ring is 1. The van der Waals surface area contributed by atoms with Crippen LogP contribution in [-0.2, 0) is 0 Å². The standard InChI is InChI=1S/C8H10N4O/c1-8(2)3-10-5-6(9)11-4-12-7(5)13-8/h3-4H,1-2H3,(H2,9,11,12). The molecule has 0 saturated heterocycles. The van der Waals surface area contributed by atoms with E-state index in [1.807, 2.05) is 13.8 Å². The van der Waals surface area contributed by atoms with E-state index in [4.69, 9.17) is 10.5 Å². The van der Waals surface area contributed by atoms with Crippen LogP contribution in [0.5, 0.6) is 5.88 Å². The van der Waals surface area contributed by atoms with Crippen LogP contribution < -0.4 is 10.5 Å². The van der Waals surface area contributed by atoms with Crippen LogP contribution in [-0.4, -0.2) is 21.8 Å². The van der Waals surface area contributed by atoms with E-state index in [-0.39, 0.29) is 0 Å². The monoisotopic (exact) mass is 178 g/mol. The summed E-state index contributed by atoms with van der Waals surface area (Å²) in [5.41, 5.74) is 5.68. The van der Waals surface area contributed by atoms with E-state index in [0.717, 1.165) is 0 Å². The Balaban J connectivity index is 2.53. The van der Waals surface area contributed by atoms with Crippen LogP contribution in [0.25, 0.3) is 0 Å². The van der Waals surface area contributed by atoms with Crippen LogP contribution >= 0.6 is 0 Å². The fourth-order valence-corrected chi connectivity index (χ4v) is 1.07. The van der Waals surface area contributed by atoms with Crippen molar-refractivity contribution in [3.8, 4) is 5.88 Å². The number of ether oxygens (including phenoxy) is 1. The average Bonchev–Trinajstić information content (AvgIpc) is 2.02. The van der Waals surface area contributed by atoms with Crippen molar-refractivity contribution in [3.63, 3.8) is 0 Å². The molecule has 2 rings (SSSR count). The summed E-state index contributed by atoms with van der Waals surface area (Å²) in [5.74, 6) is 0.789. The second-order valence-corrected chi connectivity index (χ2v) is 3.38. The van der Waals surface area contributed by atoms with Gasteiger partial charge in [0, 0.05) is 6.21 Å². The Kier molecular flexibility index (Phi) is 1.48. The minimum Gasteiger partial charge on any atom is -0.464 e. The largest absolute Gasteiger partial charge is 0.464 e. The molecule has 1 aliphatic heterocycles. The van der Waals surface area contributed by atoms with Gasteiger partial charge in [-0.25, -0.2) is 9.98 Å². The summed E-state index contributed by atoms with van der Waals surface area (Å²) in [6, 6.07) is 0. The van der Waals surface area contributed by atoms with Crippen molar-refractivity contribution >= 4 is 17.7 Å². The van der Waals surface area contributed by atoms with Gasteiger partial charge in [0.2, 0.25) is 5.88 Å². The lowest BCUT2D eigenvalue weighted by molar-refractivity contribution is 0.176. The van der Waals surface area contributed by atoms with Crippen molar-refractivity contribution in [3.05, 3.63) is 6.33 Å². The summed E-state index contributed by atoms with van der Waals surface area (Å²) >= 11 is 0. The van der Waals surface area contributed by atoms with Crippen molar-refractivity contribution in [1.29, 1.82) is 0 Å². The maximum absolute atomic E-state index is 5.59. The lowest BCUT2D eigenvalue weighted by Crippen LogP contribution is -2.32. The summed E-state index contributed by atoms with van der Waals surface area (Å²) in [4.78, 5) is 11.9. The molecule has 0 amide bonds. The molecule has 5 nitrogen and oxygen atoms in total. The first-order valence-electron chi connectivity index (χ1n) is 3.93. The third-order valence-electron chi connectivity index (χ3n) is 1.68. The number of rotatable bonds is 0. The SMILES string of the molecule is CC1(C)C=Nc2c(N)ncnc2O1. The number of nitrogens with zero attached hydrogens (tertiary/aromatic N) is 3. The smallest absolute Gasteiger partial charge is 0.246 e. The Hall–Kier alpha value is -1.65. The van der Waals surface area contributed by atoms with Crippen LogP contribution in [0, 0.1) is 0 Å². The van der Waals surface area contributed by atoms with Gasteiger partial charge in [-0.05, 0) is 13.8 Å². The van der Waals surface area contributed by atoms with E-state index in [1.165, 1.54) is 6.33 Å². The van der Waals surface area contributed by atoms with E-state index in [0.29, 0.717) is 17.4 Å². The number of nitrogens with two attached hydrogens (primary N) is 1. The first-order chi connectivity index (χ1) is 6.08. The van der Waals surface area contributed by atoms with Gasteiger partial charge in [-0.3, -0.25) is 0 Å². The van der Waals surface area contributed by atoms with Gasteiger partial charge in [0.25, 0.3) is 0 Å². The molecule has 1 aromatic heterocycles. The lowest BCUT2D eigenvalue weighted by Gasteiger charge is -2.25. The molecule has 0 aromatic carbocycles. The molecule has 2 heterocycles. The predicted molar refractivity (Wildman–Crippen MR) is 49.3 cm³/mol. The molecule has 1 aromatic rings. The molecule has 0 unspecified atom stereocenters. The summed E-state index contributed by atoms with van der Waals surface area (Å²) in [6.45, 7) is 3.80. The predicted octanol–water partition coefficient (Wildman–Crippen LogP) is 0.932. The number of anilines is 1. The van der Waals surface area contributed by atoms with Gasteiger partial charge in [-0.15, -0.1) is 0 Å². The molecule has 1 aliphatic rings. The quantitative estimate of drug-likeness (QED) is 0.641. The van der Waals surface area contributed by atoms with Gasteiger partial charge in [0.15, 0.2) is 11.5 Å². The van der Waals surface area contributed by atoms with Crippen molar-refractivity contribution in [2.24, 2.45) is 4.99 Å². The van der Waals surface area contributed by atoms with E-state index < -0.39 is 5.60 Å². The molecule has 0 bridgehead atoms.